The molecule has 0 aromatic heterocycles. The molecule has 6 heteroatoms. The van der Waals surface area contributed by atoms with Crippen LogP contribution in [0.25, 0.3) is 0 Å². The molecule has 1 saturated heterocycles. The number of carbonyl (C=O) groups is 1. The maximum Gasteiger partial charge on any atom is 0.303 e. The molecule has 1 rings (SSSR count). The molecule has 1 heterocycles. The molecule has 0 aliphatic carbocycles. The Morgan fingerprint density at radius 2 is 2.00 bits per heavy atom. The zero-order valence-electron chi connectivity index (χ0n) is 13.2. The molecule has 0 spiro atoms. The highest BCUT2D eigenvalue weighted by molar-refractivity contribution is 5.66. The minimum Gasteiger partial charge on any atom is -0.481 e. The van der Waals surface area contributed by atoms with Gasteiger partial charge in [-0.2, -0.15) is 0 Å². The predicted molar refractivity (Wildman–Crippen MR) is 77.0 cm³/mol. The van der Waals surface area contributed by atoms with Crippen molar-refractivity contribution in [2.24, 2.45) is 5.92 Å². The van der Waals surface area contributed by atoms with Gasteiger partial charge in [0.2, 0.25) is 0 Å². The van der Waals surface area contributed by atoms with E-state index in [1.165, 1.54) is 0 Å². The first-order valence-corrected chi connectivity index (χ1v) is 7.71. The second-order valence-corrected chi connectivity index (χ2v) is 5.58. The van der Waals surface area contributed by atoms with E-state index in [9.17, 15) is 9.90 Å². The lowest BCUT2D eigenvalue weighted by Crippen LogP contribution is -2.54. The molecule has 0 saturated carbocycles. The fraction of sp³-hybridized carbons (Fsp3) is 0.933. The van der Waals surface area contributed by atoms with Crippen molar-refractivity contribution in [1.82, 2.24) is 0 Å². The summed E-state index contributed by atoms with van der Waals surface area (Å²) in [6.45, 7) is 4.38. The lowest BCUT2D eigenvalue weighted by molar-refractivity contribution is -0.278. The highest BCUT2D eigenvalue weighted by Crippen LogP contribution is 2.29. The Bertz CT molecular complexity index is 307. The number of rotatable bonds is 9. The van der Waals surface area contributed by atoms with Crippen LogP contribution in [0, 0.1) is 5.92 Å². The first-order chi connectivity index (χ1) is 10.0. The minimum absolute atomic E-state index is 0.144. The highest BCUT2D eigenvalue weighted by Gasteiger charge is 2.42. The van der Waals surface area contributed by atoms with Gasteiger partial charge in [0.15, 0.2) is 6.29 Å². The first-order valence-electron chi connectivity index (χ1n) is 7.71. The van der Waals surface area contributed by atoms with E-state index in [2.05, 4.69) is 0 Å². The molecule has 21 heavy (non-hydrogen) atoms. The van der Waals surface area contributed by atoms with Gasteiger partial charge in [-0.05, 0) is 19.3 Å². The standard InChI is InChI=1S/C15H28O6/c1-4-11-14(13(18)10(2)15(19-3)21-11)20-9-7-5-6-8-12(16)17/h10-11,13-15,18H,4-9H2,1-3H3,(H,16,17)/t10?,11?,13-,14-,15+/m1/s1. The van der Waals surface area contributed by atoms with Gasteiger partial charge in [-0.3, -0.25) is 4.79 Å². The maximum absolute atomic E-state index is 10.4. The van der Waals surface area contributed by atoms with Crippen molar-refractivity contribution in [3.63, 3.8) is 0 Å². The van der Waals surface area contributed by atoms with Gasteiger partial charge in [-0.1, -0.05) is 20.3 Å². The summed E-state index contributed by atoms with van der Waals surface area (Å²) < 4.78 is 16.8. The van der Waals surface area contributed by atoms with E-state index in [1.54, 1.807) is 7.11 Å². The Balaban J connectivity index is 2.36. The Morgan fingerprint density at radius 1 is 1.29 bits per heavy atom. The molecule has 5 atom stereocenters. The van der Waals surface area contributed by atoms with E-state index in [1.807, 2.05) is 13.8 Å². The van der Waals surface area contributed by atoms with Gasteiger partial charge in [0.05, 0.1) is 12.2 Å². The molecule has 124 valence electrons. The van der Waals surface area contributed by atoms with Gasteiger partial charge in [-0.15, -0.1) is 0 Å². The van der Waals surface area contributed by atoms with Crippen molar-refractivity contribution in [3.05, 3.63) is 0 Å². The number of aliphatic carboxylic acids is 1. The molecular formula is C15H28O6. The zero-order valence-corrected chi connectivity index (χ0v) is 13.2. The summed E-state index contributed by atoms with van der Waals surface area (Å²) in [6, 6.07) is 0. The van der Waals surface area contributed by atoms with Crippen LogP contribution in [-0.2, 0) is 19.0 Å². The monoisotopic (exact) mass is 304 g/mol. The number of carboxylic acid groups (broad SMARTS) is 1. The fourth-order valence-electron chi connectivity index (χ4n) is 2.63. The van der Waals surface area contributed by atoms with Crippen LogP contribution >= 0.6 is 0 Å². The number of carboxylic acids is 1. The lowest BCUT2D eigenvalue weighted by Gasteiger charge is -2.42. The normalized spacial score (nSPS) is 33.0. The van der Waals surface area contributed by atoms with Crippen LogP contribution < -0.4 is 0 Å². The molecule has 0 aromatic carbocycles. The van der Waals surface area contributed by atoms with Crippen LogP contribution in [-0.4, -0.2) is 54.5 Å². The third-order valence-corrected chi connectivity index (χ3v) is 3.96. The van der Waals surface area contributed by atoms with Crippen molar-refractivity contribution in [1.29, 1.82) is 0 Å². The third kappa shape index (κ3) is 5.54. The number of hydrogen-bond acceptors (Lipinski definition) is 5. The average molecular weight is 304 g/mol. The van der Waals surface area contributed by atoms with Gasteiger partial charge in [0.1, 0.15) is 6.10 Å². The van der Waals surface area contributed by atoms with E-state index in [-0.39, 0.29) is 24.5 Å². The van der Waals surface area contributed by atoms with Crippen molar-refractivity contribution in [3.8, 4) is 0 Å². The first kappa shape index (κ1) is 18.4. The molecule has 6 nitrogen and oxygen atoms in total. The Morgan fingerprint density at radius 3 is 2.57 bits per heavy atom. The fourth-order valence-corrected chi connectivity index (χ4v) is 2.63. The van der Waals surface area contributed by atoms with E-state index in [4.69, 9.17) is 19.3 Å². The largest absolute Gasteiger partial charge is 0.481 e. The van der Waals surface area contributed by atoms with Crippen molar-refractivity contribution in [2.45, 2.75) is 70.6 Å². The minimum atomic E-state index is -0.766. The van der Waals surface area contributed by atoms with E-state index >= 15 is 0 Å². The molecule has 0 amide bonds. The van der Waals surface area contributed by atoms with Gasteiger partial charge in [0.25, 0.3) is 0 Å². The van der Waals surface area contributed by atoms with Gasteiger partial charge < -0.3 is 24.4 Å². The number of methoxy groups -OCH3 is 1. The van der Waals surface area contributed by atoms with Crippen LogP contribution in [0.3, 0.4) is 0 Å². The van der Waals surface area contributed by atoms with Gasteiger partial charge >= 0.3 is 5.97 Å². The van der Waals surface area contributed by atoms with Crippen LogP contribution in [0.4, 0.5) is 0 Å². The summed E-state index contributed by atoms with van der Waals surface area (Å²) in [5.41, 5.74) is 0. The molecular weight excluding hydrogens is 276 g/mol. The van der Waals surface area contributed by atoms with Gasteiger partial charge in [0, 0.05) is 26.1 Å². The second-order valence-electron chi connectivity index (χ2n) is 5.58. The summed E-state index contributed by atoms with van der Waals surface area (Å²) in [4.78, 5) is 10.4. The Labute approximate surface area is 126 Å². The van der Waals surface area contributed by atoms with Crippen LogP contribution in [0.1, 0.15) is 46.0 Å². The number of aliphatic hydroxyl groups excluding tert-OH is 1. The third-order valence-electron chi connectivity index (χ3n) is 3.96. The highest BCUT2D eigenvalue weighted by atomic mass is 16.7. The quantitative estimate of drug-likeness (QED) is 0.632. The topological polar surface area (TPSA) is 85.2 Å². The maximum atomic E-state index is 10.4. The Hall–Kier alpha value is -0.690. The number of hydrogen-bond donors (Lipinski definition) is 2. The van der Waals surface area contributed by atoms with Crippen molar-refractivity contribution < 1.29 is 29.2 Å². The summed E-state index contributed by atoms with van der Waals surface area (Å²) in [7, 11) is 1.57. The van der Waals surface area contributed by atoms with Crippen LogP contribution in [0.15, 0.2) is 0 Å². The SMILES string of the molecule is CCC1O[C@H](OC)C(C)[C@@H](O)[C@@H]1OCCCCCC(=O)O. The Kier molecular flexibility index (Phi) is 8.18. The van der Waals surface area contributed by atoms with Crippen molar-refractivity contribution >= 4 is 5.97 Å². The van der Waals surface area contributed by atoms with Crippen LogP contribution in [0.2, 0.25) is 0 Å². The predicted octanol–water partition coefficient (Wildman–Crippen LogP) is 1.79. The zero-order chi connectivity index (χ0) is 15.8. The average Bonchev–Trinajstić information content (AvgIpc) is 2.46. The number of aliphatic hydroxyl groups is 1. The molecule has 0 radical (unpaired) electrons. The molecule has 0 aromatic rings. The van der Waals surface area contributed by atoms with E-state index in [0.717, 1.165) is 19.3 Å². The van der Waals surface area contributed by atoms with Crippen molar-refractivity contribution in [2.75, 3.05) is 13.7 Å². The lowest BCUT2D eigenvalue weighted by atomic mass is 9.91. The molecule has 0 bridgehead atoms. The number of unbranched alkanes of at least 4 members (excludes halogenated alkanes) is 2. The summed E-state index contributed by atoms with van der Waals surface area (Å²) >= 11 is 0. The van der Waals surface area contributed by atoms with E-state index in [0.29, 0.717) is 13.0 Å². The molecule has 2 unspecified atom stereocenters. The molecule has 1 aliphatic rings. The second kappa shape index (κ2) is 9.35. The molecule has 1 fully saturated rings. The number of ether oxygens (including phenoxy) is 3. The van der Waals surface area contributed by atoms with E-state index < -0.39 is 18.4 Å². The molecule has 1 aliphatic heterocycles. The smallest absolute Gasteiger partial charge is 0.303 e. The van der Waals surface area contributed by atoms with Gasteiger partial charge in [-0.25, -0.2) is 0 Å². The van der Waals surface area contributed by atoms with Crippen LogP contribution in [0.5, 0.6) is 0 Å². The summed E-state index contributed by atoms with van der Waals surface area (Å²) in [5.74, 6) is -0.910. The molecule has 2 N–H and O–H groups in total. The summed E-state index contributed by atoms with van der Waals surface area (Å²) in [6.07, 6.45) is 1.64. The summed E-state index contributed by atoms with van der Waals surface area (Å²) in [5, 5.41) is 18.9.